The topological polar surface area (TPSA) is 43.7 Å². The third-order valence-electron chi connectivity index (χ3n) is 3.56. The molecule has 0 bridgehead atoms. The van der Waals surface area contributed by atoms with Gasteiger partial charge in [0.1, 0.15) is 0 Å². The maximum Gasteiger partial charge on any atom is 0.0761 e. The minimum Gasteiger partial charge on any atom is -0.395 e. The van der Waals surface area contributed by atoms with Crippen LogP contribution in [0, 0.1) is 0 Å². The third-order valence-corrected chi connectivity index (χ3v) is 3.56. The molecule has 1 aromatic rings. The summed E-state index contributed by atoms with van der Waals surface area (Å²) in [6, 6.07) is 8.58. The summed E-state index contributed by atoms with van der Waals surface area (Å²) in [5.74, 6) is 0. The fraction of sp³-hybridized carbons (Fsp3) is 0.571. The second kappa shape index (κ2) is 5.52. The highest BCUT2D eigenvalue weighted by Crippen LogP contribution is 2.29. The van der Waals surface area contributed by atoms with Crippen molar-refractivity contribution in [3.05, 3.63) is 29.8 Å². The van der Waals surface area contributed by atoms with Gasteiger partial charge in [0.15, 0.2) is 0 Å². The Morgan fingerprint density at radius 3 is 2.35 bits per heavy atom. The second-order valence-corrected chi connectivity index (χ2v) is 4.77. The molecule has 0 spiro atoms. The van der Waals surface area contributed by atoms with Gasteiger partial charge in [-0.2, -0.15) is 0 Å². The normalized spacial score (nSPS) is 17.6. The number of aliphatic hydroxyl groups is 2. The van der Waals surface area contributed by atoms with Gasteiger partial charge in [0.05, 0.1) is 12.7 Å². The molecule has 3 nitrogen and oxygen atoms in total. The van der Waals surface area contributed by atoms with Crippen molar-refractivity contribution in [1.82, 2.24) is 0 Å². The van der Waals surface area contributed by atoms with Crippen LogP contribution in [0.3, 0.4) is 0 Å². The van der Waals surface area contributed by atoms with Gasteiger partial charge < -0.3 is 15.1 Å². The third kappa shape index (κ3) is 2.79. The van der Waals surface area contributed by atoms with E-state index >= 15 is 0 Å². The summed E-state index contributed by atoms with van der Waals surface area (Å²) in [6.45, 7) is 2.65. The number of rotatable bonds is 5. The van der Waals surface area contributed by atoms with E-state index in [1.54, 1.807) is 6.92 Å². The first-order valence-corrected chi connectivity index (χ1v) is 6.38. The maximum atomic E-state index is 9.47. The zero-order chi connectivity index (χ0) is 12.3. The van der Waals surface area contributed by atoms with Crippen molar-refractivity contribution in [2.75, 3.05) is 18.1 Å². The lowest BCUT2D eigenvalue weighted by atomic mass is 9.91. The summed E-state index contributed by atoms with van der Waals surface area (Å²) in [6.07, 6.45) is 3.31. The fourth-order valence-electron chi connectivity index (χ4n) is 2.27. The molecule has 1 fully saturated rings. The number of nitrogens with zero attached hydrogens (tertiary/aromatic N) is 1. The Morgan fingerprint density at radius 1 is 1.29 bits per heavy atom. The molecule has 2 N–H and O–H groups in total. The minimum atomic E-state index is -0.418. The Hall–Kier alpha value is -1.06. The molecule has 0 radical (unpaired) electrons. The van der Waals surface area contributed by atoms with Crippen LogP contribution >= 0.6 is 0 Å². The molecular formula is C14H21NO2. The molecule has 1 saturated carbocycles. The molecule has 1 aromatic carbocycles. The van der Waals surface area contributed by atoms with Gasteiger partial charge in [0.25, 0.3) is 0 Å². The van der Waals surface area contributed by atoms with Crippen LogP contribution in [0.5, 0.6) is 0 Å². The molecule has 1 aliphatic carbocycles. The first kappa shape index (κ1) is 12.4. The van der Waals surface area contributed by atoms with Crippen molar-refractivity contribution in [3.8, 4) is 0 Å². The van der Waals surface area contributed by atoms with Gasteiger partial charge in [-0.1, -0.05) is 12.1 Å². The molecule has 17 heavy (non-hydrogen) atoms. The van der Waals surface area contributed by atoms with E-state index in [2.05, 4.69) is 4.90 Å². The lowest BCUT2D eigenvalue weighted by molar-refractivity contribution is 0.199. The predicted octanol–water partition coefficient (Wildman–Crippen LogP) is 2.09. The Morgan fingerprint density at radius 2 is 1.94 bits per heavy atom. The summed E-state index contributed by atoms with van der Waals surface area (Å²) in [5.41, 5.74) is 2.08. The SMILES string of the molecule is C[C@H](O)c1ccc(N(CCO)C2CCC2)cc1. The zero-order valence-corrected chi connectivity index (χ0v) is 10.3. The molecular weight excluding hydrogens is 214 g/mol. The van der Waals surface area contributed by atoms with Crippen molar-refractivity contribution in [2.45, 2.75) is 38.3 Å². The minimum absolute atomic E-state index is 0.189. The average Bonchev–Trinajstić information content (AvgIpc) is 2.26. The molecule has 0 heterocycles. The lowest BCUT2D eigenvalue weighted by Gasteiger charge is -2.39. The molecule has 0 unspecified atom stereocenters. The molecule has 0 aliphatic heterocycles. The number of anilines is 1. The van der Waals surface area contributed by atoms with E-state index < -0.39 is 6.10 Å². The van der Waals surface area contributed by atoms with Gasteiger partial charge in [-0.25, -0.2) is 0 Å². The molecule has 3 heteroatoms. The van der Waals surface area contributed by atoms with Crippen LogP contribution < -0.4 is 4.90 Å². The van der Waals surface area contributed by atoms with E-state index in [4.69, 9.17) is 5.11 Å². The van der Waals surface area contributed by atoms with Crippen LogP contribution in [0.4, 0.5) is 5.69 Å². The molecule has 2 rings (SSSR count). The van der Waals surface area contributed by atoms with Crippen molar-refractivity contribution >= 4 is 5.69 Å². The summed E-state index contributed by atoms with van der Waals surface area (Å²) in [4.78, 5) is 2.27. The van der Waals surface area contributed by atoms with Crippen LogP contribution in [0.25, 0.3) is 0 Å². The van der Waals surface area contributed by atoms with E-state index in [-0.39, 0.29) is 6.61 Å². The fourth-order valence-corrected chi connectivity index (χ4v) is 2.27. The molecule has 0 amide bonds. The van der Waals surface area contributed by atoms with Gasteiger partial charge in [0.2, 0.25) is 0 Å². The van der Waals surface area contributed by atoms with Gasteiger partial charge >= 0.3 is 0 Å². The largest absolute Gasteiger partial charge is 0.395 e. The highest BCUT2D eigenvalue weighted by molar-refractivity contribution is 5.49. The van der Waals surface area contributed by atoms with E-state index in [9.17, 15) is 5.11 Å². The van der Waals surface area contributed by atoms with Crippen LogP contribution in [0.15, 0.2) is 24.3 Å². The van der Waals surface area contributed by atoms with Crippen LogP contribution in [0.1, 0.15) is 37.9 Å². The summed E-state index contributed by atoms with van der Waals surface area (Å²) in [5, 5.41) is 18.6. The molecule has 1 atom stereocenters. The standard InChI is InChI=1S/C14H21NO2/c1-11(17)12-5-7-14(8-6-12)15(9-10-16)13-3-2-4-13/h5-8,11,13,16-17H,2-4,9-10H2,1H3/t11-/m0/s1. The summed E-state index contributed by atoms with van der Waals surface area (Å²) < 4.78 is 0. The number of hydrogen-bond donors (Lipinski definition) is 2. The number of benzene rings is 1. The lowest BCUT2D eigenvalue weighted by Crippen LogP contribution is -2.41. The Bertz CT molecular complexity index is 344. The van der Waals surface area contributed by atoms with E-state index in [1.165, 1.54) is 19.3 Å². The van der Waals surface area contributed by atoms with Gasteiger partial charge in [-0.3, -0.25) is 0 Å². The maximum absolute atomic E-state index is 9.47. The molecule has 94 valence electrons. The summed E-state index contributed by atoms with van der Waals surface area (Å²) in [7, 11) is 0. The monoisotopic (exact) mass is 235 g/mol. The predicted molar refractivity (Wildman–Crippen MR) is 69.1 cm³/mol. The van der Waals surface area contributed by atoms with Crippen molar-refractivity contribution in [3.63, 3.8) is 0 Å². The van der Waals surface area contributed by atoms with Gasteiger partial charge in [-0.05, 0) is 43.9 Å². The van der Waals surface area contributed by atoms with Crippen LogP contribution in [0.2, 0.25) is 0 Å². The molecule has 0 aromatic heterocycles. The summed E-state index contributed by atoms with van der Waals surface area (Å²) >= 11 is 0. The second-order valence-electron chi connectivity index (χ2n) is 4.77. The first-order valence-electron chi connectivity index (χ1n) is 6.38. The highest BCUT2D eigenvalue weighted by Gasteiger charge is 2.24. The Kier molecular flexibility index (Phi) is 4.02. The van der Waals surface area contributed by atoms with E-state index in [0.717, 1.165) is 11.3 Å². The first-order chi connectivity index (χ1) is 8.22. The van der Waals surface area contributed by atoms with Crippen molar-refractivity contribution < 1.29 is 10.2 Å². The number of aliphatic hydroxyl groups excluding tert-OH is 2. The van der Waals surface area contributed by atoms with Crippen molar-refractivity contribution in [2.24, 2.45) is 0 Å². The van der Waals surface area contributed by atoms with Gasteiger partial charge in [-0.15, -0.1) is 0 Å². The van der Waals surface area contributed by atoms with Gasteiger partial charge in [0, 0.05) is 18.3 Å². The van der Waals surface area contributed by atoms with E-state index in [1.807, 2.05) is 24.3 Å². The smallest absolute Gasteiger partial charge is 0.0761 e. The zero-order valence-electron chi connectivity index (χ0n) is 10.3. The van der Waals surface area contributed by atoms with Crippen LogP contribution in [-0.4, -0.2) is 29.4 Å². The van der Waals surface area contributed by atoms with Crippen molar-refractivity contribution in [1.29, 1.82) is 0 Å². The quantitative estimate of drug-likeness (QED) is 0.821. The Labute approximate surface area is 103 Å². The van der Waals surface area contributed by atoms with Crippen LogP contribution in [-0.2, 0) is 0 Å². The number of hydrogen-bond acceptors (Lipinski definition) is 3. The Balaban J connectivity index is 2.11. The average molecular weight is 235 g/mol. The highest BCUT2D eigenvalue weighted by atomic mass is 16.3. The van der Waals surface area contributed by atoms with E-state index in [0.29, 0.717) is 12.6 Å². The molecule has 1 aliphatic rings. The molecule has 0 saturated heterocycles.